The molecular formula is C11H24N2O3S2. The quantitative estimate of drug-likeness (QED) is 0.724. The number of hydrogen-bond donors (Lipinski definition) is 2. The van der Waals surface area contributed by atoms with Crippen LogP contribution in [0, 0.1) is 5.92 Å². The Morgan fingerprint density at radius 3 is 2.56 bits per heavy atom. The lowest BCUT2D eigenvalue weighted by atomic mass is 10.00. The van der Waals surface area contributed by atoms with Crippen molar-refractivity contribution in [2.45, 2.75) is 32.2 Å². The number of nitrogens with zero attached hydrogens (tertiary/aromatic N) is 1. The number of rotatable bonds is 7. The van der Waals surface area contributed by atoms with Crippen molar-refractivity contribution in [2.24, 2.45) is 5.92 Å². The second-order valence-electron chi connectivity index (χ2n) is 4.83. The minimum absolute atomic E-state index is 0.0296. The summed E-state index contributed by atoms with van der Waals surface area (Å²) in [5, 5.41) is 9.04. The summed E-state index contributed by atoms with van der Waals surface area (Å²) in [5.41, 5.74) is 0. The summed E-state index contributed by atoms with van der Waals surface area (Å²) < 4.78 is 28.4. The fourth-order valence-electron chi connectivity index (χ4n) is 2.01. The molecule has 1 atom stereocenters. The standard InChI is InChI=1S/C11H24N2O3S2/c1-10(5-8-17-2)12-18(15,16)13-6-3-11(9-14)4-7-13/h10-12,14H,3-9H2,1-2H3. The molecule has 0 spiro atoms. The van der Waals surface area contributed by atoms with Gasteiger partial charge in [0.1, 0.15) is 0 Å². The Morgan fingerprint density at radius 1 is 1.44 bits per heavy atom. The van der Waals surface area contributed by atoms with Gasteiger partial charge in [0.2, 0.25) is 0 Å². The average Bonchev–Trinajstić information content (AvgIpc) is 2.36. The maximum absolute atomic E-state index is 12.1. The second-order valence-corrected chi connectivity index (χ2v) is 7.52. The molecule has 0 aromatic carbocycles. The summed E-state index contributed by atoms with van der Waals surface area (Å²) in [6, 6.07) is -0.0296. The minimum Gasteiger partial charge on any atom is -0.396 e. The monoisotopic (exact) mass is 296 g/mol. The van der Waals surface area contributed by atoms with Crippen LogP contribution in [-0.4, -0.2) is 55.6 Å². The zero-order valence-electron chi connectivity index (χ0n) is 11.1. The molecule has 1 aliphatic heterocycles. The first-order valence-corrected chi connectivity index (χ1v) is 9.20. The van der Waals surface area contributed by atoms with Crippen molar-refractivity contribution in [1.82, 2.24) is 9.03 Å². The van der Waals surface area contributed by atoms with E-state index in [9.17, 15) is 8.42 Å². The van der Waals surface area contributed by atoms with Gasteiger partial charge in [0.15, 0.2) is 0 Å². The third kappa shape index (κ3) is 5.05. The molecule has 7 heteroatoms. The van der Waals surface area contributed by atoms with Gasteiger partial charge < -0.3 is 5.11 Å². The van der Waals surface area contributed by atoms with E-state index in [1.807, 2.05) is 13.2 Å². The van der Waals surface area contributed by atoms with Crippen LogP contribution in [0.15, 0.2) is 0 Å². The van der Waals surface area contributed by atoms with Crippen LogP contribution in [0.1, 0.15) is 26.2 Å². The summed E-state index contributed by atoms with van der Waals surface area (Å²) in [7, 11) is -3.35. The third-order valence-electron chi connectivity index (χ3n) is 3.28. The molecule has 0 amide bonds. The lowest BCUT2D eigenvalue weighted by molar-refractivity contribution is 0.169. The molecule has 0 radical (unpaired) electrons. The Balaban J connectivity index is 2.44. The van der Waals surface area contributed by atoms with Crippen LogP contribution in [0.4, 0.5) is 0 Å². The van der Waals surface area contributed by atoms with Crippen molar-refractivity contribution in [1.29, 1.82) is 0 Å². The Labute approximate surface area is 115 Å². The van der Waals surface area contributed by atoms with Gasteiger partial charge >= 0.3 is 0 Å². The second kappa shape index (κ2) is 7.69. The first kappa shape index (κ1) is 16.2. The van der Waals surface area contributed by atoms with Gasteiger partial charge in [-0.1, -0.05) is 0 Å². The largest absolute Gasteiger partial charge is 0.396 e. The van der Waals surface area contributed by atoms with E-state index in [-0.39, 0.29) is 18.6 Å². The summed E-state index contributed by atoms with van der Waals surface area (Å²) in [6.45, 7) is 3.07. The first-order chi connectivity index (χ1) is 8.49. The molecule has 108 valence electrons. The van der Waals surface area contributed by atoms with Crippen molar-refractivity contribution in [3.63, 3.8) is 0 Å². The predicted molar refractivity (Wildman–Crippen MR) is 75.9 cm³/mol. The summed E-state index contributed by atoms with van der Waals surface area (Å²) in [6.07, 6.45) is 4.35. The van der Waals surface area contributed by atoms with Gasteiger partial charge in [-0.3, -0.25) is 0 Å². The van der Waals surface area contributed by atoms with Gasteiger partial charge in [0.25, 0.3) is 10.2 Å². The van der Waals surface area contributed by atoms with Crippen molar-refractivity contribution >= 4 is 22.0 Å². The smallest absolute Gasteiger partial charge is 0.279 e. The van der Waals surface area contributed by atoms with E-state index < -0.39 is 10.2 Å². The van der Waals surface area contributed by atoms with Gasteiger partial charge in [-0.25, -0.2) is 0 Å². The van der Waals surface area contributed by atoms with Crippen molar-refractivity contribution in [3.8, 4) is 0 Å². The van der Waals surface area contributed by atoms with Gasteiger partial charge in [-0.15, -0.1) is 0 Å². The van der Waals surface area contributed by atoms with E-state index in [0.717, 1.165) is 25.0 Å². The van der Waals surface area contributed by atoms with Crippen molar-refractivity contribution in [2.75, 3.05) is 31.7 Å². The zero-order chi connectivity index (χ0) is 13.6. The zero-order valence-corrected chi connectivity index (χ0v) is 12.8. The van der Waals surface area contributed by atoms with Crippen LogP contribution >= 0.6 is 11.8 Å². The fourth-order valence-corrected chi connectivity index (χ4v) is 4.07. The number of hydrogen-bond acceptors (Lipinski definition) is 4. The molecule has 1 aliphatic rings. The predicted octanol–water partition coefficient (Wildman–Crippen LogP) is 0.667. The minimum atomic E-state index is -3.35. The summed E-state index contributed by atoms with van der Waals surface area (Å²) in [5.74, 6) is 1.21. The lowest BCUT2D eigenvalue weighted by Crippen LogP contribution is -2.48. The van der Waals surface area contributed by atoms with E-state index in [4.69, 9.17) is 5.11 Å². The Bertz CT molecular complexity index is 327. The van der Waals surface area contributed by atoms with E-state index in [1.165, 1.54) is 4.31 Å². The molecule has 0 bridgehead atoms. The SMILES string of the molecule is CSCCC(C)NS(=O)(=O)N1CCC(CO)CC1. The molecule has 1 fully saturated rings. The number of thioether (sulfide) groups is 1. The Morgan fingerprint density at radius 2 is 2.06 bits per heavy atom. The van der Waals surface area contributed by atoms with Crippen LogP contribution in [0.3, 0.4) is 0 Å². The highest BCUT2D eigenvalue weighted by molar-refractivity contribution is 7.98. The lowest BCUT2D eigenvalue weighted by Gasteiger charge is -2.31. The van der Waals surface area contributed by atoms with Gasteiger partial charge in [0, 0.05) is 25.7 Å². The van der Waals surface area contributed by atoms with Crippen LogP contribution in [0.2, 0.25) is 0 Å². The van der Waals surface area contributed by atoms with E-state index in [0.29, 0.717) is 13.1 Å². The van der Waals surface area contributed by atoms with E-state index in [2.05, 4.69) is 4.72 Å². The van der Waals surface area contributed by atoms with Crippen molar-refractivity contribution in [3.05, 3.63) is 0 Å². The molecule has 5 nitrogen and oxygen atoms in total. The number of piperidine rings is 1. The highest BCUT2D eigenvalue weighted by atomic mass is 32.2. The molecule has 0 aliphatic carbocycles. The Hall–Kier alpha value is 0.180. The molecule has 18 heavy (non-hydrogen) atoms. The molecule has 1 unspecified atom stereocenters. The first-order valence-electron chi connectivity index (χ1n) is 6.36. The fraction of sp³-hybridized carbons (Fsp3) is 1.00. The van der Waals surface area contributed by atoms with E-state index in [1.54, 1.807) is 11.8 Å². The molecule has 2 N–H and O–H groups in total. The summed E-state index contributed by atoms with van der Waals surface area (Å²) >= 11 is 1.72. The maximum atomic E-state index is 12.1. The summed E-state index contributed by atoms with van der Waals surface area (Å²) in [4.78, 5) is 0. The van der Waals surface area contributed by atoms with Crippen LogP contribution in [0.25, 0.3) is 0 Å². The molecule has 0 aromatic heterocycles. The molecule has 1 rings (SSSR count). The number of aliphatic hydroxyl groups is 1. The molecule has 1 heterocycles. The molecule has 0 aromatic rings. The third-order valence-corrected chi connectivity index (χ3v) is 5.67. The highest BCUT2D eigenvalue weighted by Gasteiger charge is 2.28. The number of aliphatic hydroxyl groups excluding tert-OH is 1. The highest BCUT2D eigenvalue weighted by Crippen LogP contribution is 2.18. The van der Waals surface area contributed by atoms with Gasteiger partial charge in [0.05, 0.1) is 0 Å². The molecule has 0 saturated carbocycles. The van der Waals surface area contributed by atoms with Crippen molar-refractivity contribution < 1.29 is 13.5 Å². The normalized spacial score (nSPS) is 21.1. The maximum Gasteiger partial charge on any atom is 0.279 e. The Kier molecular flexibility index (Phi) is 6.94. The molecular weight excluding hydrogens is 272 g/mol. The van der Waals surface area contributed by atoms with Crippen LogP contribution in [0.5, 0.6) is 0 Å². The average molecular weight is 296 g/mol. The van der Waals surface area contributed by atoms with E-state index >= 15 is 0 Å². The van der Waals surface area contributed by atoms with Crippen LogP contribution in [-0.2, 0) is 10.2 Å². The molecule has 1 saturated heterocycles. The number of nitrogens with one attached hydrogen (secondary N) is 1. The van der Waals surface area contributed by atoms with Crippen LogP contribution < -0.4 is 4.72 Å². The van der Waals surface area contributed by atoms with Gasteiger partial charge in [-0.2, -0.15) is 29.2 Å². The topological polar surface area (TPSA) is 69.6 Å². The van der Waals surface area contributed by atoms with Gasteiger partial charge in [-0.05, 0) is 44.1 Å².